The average molecular weight is 268 g/mol. The molecule has 0 saturated heterocycles. The van der Waals surface area contributed by atoms with Crippen molar-refractivity contribution < 1.29 is 14.3 Å². The number of hydrogen-bond donors (Lipinski definition) is 0. The summed E-state index contributed by atoms with van der Waals surface area (Å²) in [6, 6.07) is 9.26. The molecule has 0 bridgehead atoms. The smallest absolute Gasteiger partial charge is 0.216 e. The zero-order valence-electron chi connectivity index (χ0n) is 11.4. The highest BCUT2D eigenvalue weighted by Gasteiger charge is 2.28. The zero-order valence-corrected chi connectivity index (χ0v) is 11.4. The fourth-order valence-corrected chi connectivity index (χ4v) is 2.06. The number of Topliss-reactive ketones (excluding diaryl/α,β-unsaturated/α-hetero) is 1. The van der Waals surface area contributed by atoms with Gasteiger partial charge in [-0.3, -0.25) is 9.59 Å². The monoisotopic (exact) mass is 268 g/mol. The standard InChI is InChI=1S/C17H16O3/c1-2-20-14-9-10-15(17(19)12-14)16(18)11-8-13-6-4-3-5-7-13/h3-7,12,15H,2,9-10H2,1H3. The Bertz CT molecular complexity index is 588. The Labute approximate surface area is 118 Å². The summed E-state index contributed by atoms with van der Waals surface area (Å²) < 4.78 is 5.30. The Morgan fingerprint density at radius 3 is 2.75 bits per heavy atom. The van der Waals surface area contributed by atoms with Gasteiger partial charge in [0.05, 0.1) is 18.3 Å². The van der Waals surface area contributed by atoms with Crippen molar-refractivity contribution in [2.24, 2.45) is 5.92 Å². The Morgan fingerprint density at radius 1 is 1.35 bits per heavy atom. The maximum absolute atomic E-state index is 12.0. The van der Waals surface area contributed by atoms with Gasteiger partial charge in [0, 0.05) is 18.1 Å². The molecule has 3 heteroatoms. The molecule has 0 N–H and O–H groups in total. The van der Waals surface area contributed by atoms with Gasteiger partial charge in [-0.1, -0.05) is 24.1 Å². The number of carbonyl (C=O) groups excluding carboxylic acids is 2. The van der Waals surface area contributed by atoms with E-state index in [1.165, 1.54) is 6.08 Å². The molecule has 20 heavy (non-hydrogen) atoms. The van der Waals surface area contributed by atoms with Crippen molar-refractivity contribution in [2.75, 3.05) is 6.61 Å². The topological polar surface area (TPSA) is 43.4 Å². The minimum Gasteiger partial charge on any atom is -0.498 e. The molecule has 0 aromatic heterocycles. The van der Waals surface area contributed by atoms with Crippen molar-refractivity contribution in [3.05, 3.63) is 47.7 Å². The highest BCUT2D eigenvalue weighted by molar-refractivity contribution is 6.14. The summed E-state index contributed by atoms with van der Waals surface area (Å²) in [4.78, 5) is 23.9. The minimum absolute atomic E-state index is 0.202. The van der Waals surface area contributed by atoms with E-state index < -0.39 is 5.92 Å². The van der Waals surface area contributed by atoms with E-state index in [-0.39, 0.29) is 11.6 Å². The van der Waals surface area contributed by atoms with E-state index in [0.29, 0.717) is 25.2 Å². The van der Waals surface area contributed by atoms with Crippen molar-refractivity contribution in [2.45, 2.75) is 19.8 Å². The number of rotatable bonds is 3. The van der Waals surface area contributed by atoms with Crippen LogP contribution >= 0.6 is 0 Å². The van der Waals surface area contributed by atoms with E-state index in [4.69, 9.17) is 4.74 Å². The lowest BCUT2D eigenvalue weighted by Crippen LogP contribution is -2.25. The third kappa shape index (κ3) is 3.58. The van der Waals surface area contributed by atoms with Gasteiger partial charge in [0.1, 0.15) is 0 Å². The molecule has 0 radical (unpaired) electrons. The Balaban J connectivity index is 2.05. The number of benzene rings is 1. The van der Waals surface area contributed by atoms with Crippen LogP contribution in [0, 0.1) is 17.8 Å². The molecule has 0 amide bonds. The minimum atomic E-state index is -0.643. The SMILES string of the molecule is CCOC1=CC(=O)C(C(=O)C#Cc2ccccc2)CC1. The number of carbonyl (C=O) groups is 2. The van der Waals surface area contributed by atoms with Crippen LogP contribution in [0.2, 0.25) is 0 Å². The van der Waals surface area contributed by atoms with Gasteiger partial charge in [0.25, 0.3) is 0 Å². The lowest BCUT2D eigenvalue weighted by atomic mass is 9.88. The van der Waals surface area contributed by atoms with Crippen LogP contribution in [-0.4, -0.2) is 18.2 Å². The van der Waals surface area contributed by atoms with Crippen LogP contribution in [0.15, 0.2) is 42.2 Å². The molecule has 0 spiro atoms. The molecule has 1 aromatic carbocycles. The second-order valence-corrected chi connectivity index (χ2v) is 4.52. The summed E-state index contributed by atoms with van der Waals surface area (Å²) in [6.07, 6.45) is 2.52. The molecule has 2 rings (SSSR count). The molecule has 0 fully saturated rings. The molecule has 3 nitrogen and oxygen atoms in total. The van der Waals surface area contributed by atoms with Gasteiger partial charge in [-0.2, -0.15) is 0 Å². The van der Waals surface area contributed by atoms with Gasteiger partial charge in [0.2, 0.25) is 5.78 Å². The average Bonchev–Trinajstić information content (AvgIpc) is 2.46. The zero-order chi connectivity index (χ0) is 14.4. The normalized spacial score (nSPS) is 17.8. The molecule has 1 unspecified atom stereocenters. The first-order chi connectivity index (χ1) is 9.70. The lowest BCUT2D eigenvalue weighted by Gasteiger charge is -2.17. The molecule has 0 aliphatic heterocycles. The Hall–Kier alpha value is -2.34. The molecule has 1 aliphatic carbocycles. The van der Waals surface area contributed by atoms with Crippen molar-refractivity contribution in [1.82, 2.24) is 0 Å². The van der Waals surface area contributed by atoms with E-state index in [9.17, 15) is 9.59 Å². The largest absolute Gasteiger partial charge is 0.498 e. The first kappa shape index (κ1) is 14.1. The summed E-state index contributed by atoms with van der Waals surface area (Å²) >= 11 is 0. The van der Waals surface area contributed by atoms with Crippen LogP contribution in [0.1, 0.15) is 25.3 Å². The van der Waals surface area contributed by atoms with Crippen LogP contribution in [0.4, 0.5) is 0 Å². The third-order valence-electron chi connectivity index (χ3n) is 3.08. The second kappa shape index (κ2) is 6.72. The van der Waals surface area contributed by atoms with Crippen LogP contribution in [0.25, 0.3) is 0 Å². The highest BCUT2D eigenvalue weighted by Crippen LogP contribution is 2.22. The van der Waals surface area contributed by atoms with Gasteiger partial charge in [-0.25, -0.2) is 0 Å². The molecule has 1 atom stereocenters. The fourth-order valence-electron chi connectivity index (χ4n) is 2.06. The van der Waals surface area contributed by atoms with Gasteiger partial charge < -0.3 is 4.74 Å². The van der Waals surface area contributed by atoms with E-state index >= 15 is 0 Å². The van der Waals surface area contributed by atoms with Crippen molar-refractivity contribution in [3.63, 3.8) is 0 Å². The first-order valence-corrected chi connectivity index (χ1v) is 6.69. The maximum Gasteiger partial charge on any atom is 0.216 e. The van der Waals surface area contributed by atoms with Gasteiger partial charge >= 0.3 is 0 Å². The van der Waals surface area contributed by atoms with Crippen LogP contribution in [0.5, 0.6) is 0 Å². The van der Waals surface area contributed by atoms with Crippen molar-refractivity contribution >= 4 is 11.6 Å². The summed E-state index contributed by atoms with van der Waals surface area (Å²) in [5.41, 5.74) is 0.773. The molecule has 0 saturated carbocycles. The molecule has 1 aliphatic rings. The Kier molecular flexibility index (Phi) is 4.73. The summed E-state index contributed by atoms with van der Waals surface area (Å²) in [5.74, 6) is 4.87. The number of ketones is 2. The molecule has 102 valence electrons. The molecule has 0 heterocycles. The third-order valence-corrected chi connectivity index (χ3v) is 3.08. The van der Waals surface area contributed by atoms with Crippen LogP contribution < -0.4 is 0 Å². The quantitative estimate of drug-likeness (QED) is 0.625. The molecular weight excluding hydrogens is 252 g/mol. The van der Waals surface area contributed by atoms with Gasteiger partial charge in [0.15, 0.2) is 5.78 Å². The van der Waals surface area contributed by atoms with E-state index in [1.807, 2.05) is 37.3 Å². The molecule has 1 aromatic rings. The van der Waals surface area contributed by atoms with E-state index in [1.54, 1.807) is 0 Å². The lowest BCUT2D eigenvalue weighted by molar-refractivity contribution is -0.127. The van der Waals surface area contributed by atoms with Crippen LogP contribution in [0.3, 0.4) is 0 Å². The van der Waals surface area contributed by atoms with Crippen molar-refractivity contribution in [1.29, 1.82) is 0 Å². The second-order valence-electron chi connectivity index (χ2n) is 4.52. The Morgan fingerprint density at radius 2 is 2.10 bits per heavy atom. The predicted octanol–water partition coefficient (Wildman–Crippen LogP) is 2.51. The summed E-state index contributed by atoms with van der Waals surface area (Å²) in [5, 5.41) is 0. The van der Waals surface area contributed by atoms with E-state index in [2.05, 4.69) is 11.8 Å². The van der Waals surface area contributed by atoms with Crippen molar-refractivity contribution in [3.8, 4) is 11.8 Å². The number of hydrogen-bond acceptors (Lipinski definition) is 3. The van der Waals surface area contributed by atoms with Crippen LogP contribution in [-0.2, 0) is 14.3 Å². The number of ether oxygens (including phenoxy) is 1. The summed E-state index contributed by atoms with van der Waals surface area (Å²) in [6.45, 7) is 2.40. The molecular formula is C17H16O3. The van der Waals surface area contributed by atoms with Gasteiger partial charge in [-0.15, -0.1) is 0 Å². The maximum atomic E-state index is 12.0. The number of allylic oxidation sites excluding steroid dienone is 2. The predicted molar refractivity (Wildman–Crippen MR) is 75.8 cm³/mol. The van der Waals surface area contributed by atoms with Gasteiger partial charge in [-0.05, 0) is 31.4 Å². The fraction of sp³-hybridized carbons (Fsp3) is 0.294. The summed E-state index contributed by atoms with van der Waals surface area (Å²) in [7, 11) is 0. The highest BCUT2D eigenvalue weighted by atomic mass is 16.5. The first-order valence-electron chi connectivity index (χ1n) is 6.69. The van der Waals surface area contributed by atoms with E-state index in [0.717, 1.165) is 5.56 Å².